The molecule has 1 aliphatic heterocycles. The Balaban J connectivity index is 2.05. The summed E-state index contributed by atoms with van der Waals surface area (Å²) in [5.74, 6) is 0.606. The summed E-state index contributed by atoms with van der Waals surface area (Å²) in [4.78, 5) is 15.7. The van der Waals surface area contributed by atoms with Gasteiger partial charge in [-0.1, -0.05) is 0 Å². The fourth-order valence-corrected chi connectivity index (χ4v) is 1.67. The third kappa shape index (κ3) is 2.65. The molecule has 2 rings (SSSR count). The van der Waals surface area contributed by atoms with E-state index in [0.29, 0.717) is 30.5 Å². The minimum Gasteiger partial charge on any atom is -0.493 e. The Morgan fingerprint density at radius 3 is 3.18 bits per heavy atom. The van der Waals surface area contributed by atoms with Crippen molar-refractivity contribution >= 4 is 17.4 Å². The predicted molar refractivity (Wildman–Crippen MR) is 62.8 cm³/mol. The summed E-state index contributed by atoms with van der Waals surface area (Å²) in [5.41, 5.74) is 6.16. The van der Waals surface area contributed by atoms with Crippen LogP contribution < -0.4 is 15.8 Å². The van der Waals surface area contributed by atoms with Gasteiger partial charge in [0.05, 0.1) is 31.5 Å². The molecule has 1 amide bonds. The first kappa shape index (κ1) is 11.7. The normalized spacial score (nSPS) is 19.0. The van der Waals surface area contributed by atoms with Gasteiger partial charge < -0.3 is 20.5 Å². The minimum absolute atomic E-state index is 0.0591. The van der Waals surface area contributed by atoms with Gasteiger partial charge in [-0.2, -0.15) is 0 Å². The lowest BCUT2D eigenvalue weighted by Crippen LogP contribution is -2.22. The van der Waals surface area contributed by atoms with Crippen LogP contribution in [-0.2, 0) is 9.53 Å². The molecular formula is C11H15N3O3. The van der Waals surface area contributed by atoms with Gasteiger partial charge in [-0.25, -0.2) is 4.98 Å². The van der Waals surface area contributed by atoms with Crippen molar-refractivity contribution < 1.29 is 14.3 Å². The van der Waals surface area contributed by atoms with Crippen molar-refractivity contribution in [2.24, 2.45) is 5.92 Å². The summed E-state index contributed by atoms with van der Waals surface area (Å²) in [6.45, 7) is 1.12. The molecule has 1 unspecified atom stereocenters. The average molecular weight is 237 g/mol. The Bertz CT molecular complexity index is 416. The zero-order chi connectivity index (χ0) is 12.3. The van der Waals surface area contributed by atoms with Gasteiger partial charge in [0.2, 0.25) is 5.91 Å². The Morgan fingerprint density at radius 2 is 2.53 bits per heavy atom. The molecule has 3 N–H and O–H groups in total. The highest BCUT2D eigenvalue weighted by Crippen LogP contribution is 2.23. The van der Waals surface area contributed by atoms with Gasteiger partial charge in [-0.15, -0.1) is 0 Å². The summed E-state index contributed by atoms with van der Waals surface area (Å²) in [5, 5.41) is 2.77. The molecule has 0 aliphatic carbocycles. The summed E-state index contributed by atoms with van der Waals surface area (Å²) >= 11 is 0. The van der Waals surface area contributed by atoms with Crippen molar-refractivity contribution in [3.8, 4) is 5.75 Å². The number of amides is 1. The van der Waals surface area contributed by atoms with E-state index in [1.165, 1.54) is 13.3 Å². The number of carbonyl (C=O) groups is 1. The van der Waals surface area contributed by atoms with Gasteiger partial charge in [0.15, 0.2) is 11.6 Å². The highest BCUT2D eigenvalue weighted by atomic mass is 16.5. The van der Waals surface area contributed by atoms with Gasteiger partial charge in [0, 0.05) is 12.7 Å². The molecule has 1 aliphatic rings. The molecule has 1 fully saturated rings. The van der Waals surface area contributed by atoms with Crippen molar-refractivity contribution in [3.05, 3.63) is 12.3 Å². The van der Waals surface area contributed by atoms with Crippen LogP contribution in [-0.4, -0.2) is 31.2 Å². The van der Waals surface area contributed by atoms with Crippen molar-refractivity contribution in [2.75, 3.05) is 31.4 Å². The lowest BCUT2D eigenvalue weighted by atomic mass is 10.1. The van der Waals surface area contributed by atoms with Gasteiger partial charge in [-0.3, -0.25) is 4.79 Å². The van der Waals surface area contributed by atoms with Crippen LogP contribution in [0.5, 0.6) is 5.75 Å². The molecule has 6 heteroatoms. The topological polar surface area (TPSA) is 86.5 Å². The first-order valence-electron chi connectivity index (χ1n) is 5.39. The molecule has 1 atom stereocenters. The fraction of sp³-hybridized carbons (Fsp3) is 0.455. The van der Waals surface area contributed by atoms with Gasteiger partial charge >= 0.3 is 0 Å². The van der Waals surface area contributed by atoms with Crippen LogP contribution in [0, 0.1) is 5.92 Å². The van der Waals surface area contributed by atoms with E-state index in [0.717, 1.165) is 6.42 Å². The fourth-order valence-electron chi connectivity index (χ4n) is 1.67. The first-order chi connectivity index (χ1) is 8.20. The number of rotatable bonds is 3. The second-order valence-corrected chi connectivity index (χ2v) is 3.86. The maximum atomic E-state index is 11.8. The summed E-state index contributed by atoms with van der Waals surface area (Å²) in [6, 6.07) is 1.65. The van der Waals surface area contributed by atoms with E-state index < -0.39 is 0 Å². The molecule has 6 nitrogen and oxygen atoms in total. The van der Waals surface area contributed by atoms with E-state index >= 15 is 0 Å². The van der Waals surface area contributed by atoms with E-state index in [9.17, 15) is 4.79 Å². The van der Waals surface area contributed by atoms with Crippen molar-refractivity contribution in [1.29, 1.82) is 0 Å². The number of aromatic nitrogens is 1. The summed E-state index contributed by atoms with van der Waals surface area (Å²) < 4.78 is 10.2. The van der Waals surface area contributed by atoms with Crippen molar-refractivity contribution in [2.45, 2.75) is 6.42 Å². The number of hydrogen-bond acceptors (Lipinski definition) is 5. The summed E-state index contributed by atoms with van der Waals surface area (Å²) in [6.07, 6.45) is 2.26. The quantitative estimate of drug-likeness (QED) is 0.806. The van der Waals surface area contributed by atoms with Crippen LogP contribution in [0.1, 0.15) is 6.42 Å². The molecular weight excluding hydrogens is 222 g/mol. The molecule has 0 spiro atoms. The Morgan fingerprint density at radius 1 is 1.71 bits per heavy atom. The Kier molecular flexibility index (Phi) is 3.43. The monoisotopic (exact) mass is 237 g/mol. The van der Waals surface area contributed by atoms with Crippen LogP contribution in [0.15, 0.2) is 12.3 Å². The van der Waals surface area contributed by atoms with Crippen LogP contribution in [0.3, 0.4) is 0 Å². The van der Waals surface area contributed by atoms with Crippen LogP contribution >= 0.6 is 0 Å². The van der Waals surface area contributed by atoms with Gasteiger partial charge in [-0.05, 0) is 6.42 Å². The number of nitrogens with zero attached hydrogens (tertiary/aromatic N) is 1. The molecule has 1 aromatic heterocycles. The Labute approximate surface area is 99.1 Å². The minimum atomic E-state index is -0.0847. The Hall–Kier alpha value is -1.82. The van der Waals surface area contributed by atoms with E-state index in [4.69, 9.17) is 15.2 Å². The number of pyridine rings is 1. The largest absolute Gasteiger partial charge is 0.493 e. The molecule has 0 saturated carbocycles. The van der Waals surface area contributed by atoms with Crippen molar-refractivity contribution in [1.82, 2.24) is 4.98 Å². The number of nitrogen functional groups attached to an aromatic ring is 1. The van der Waals surface area contributed by atoms with E-state index in [1.807, 2.05) is 0 Å². The third-order valence-corrected chi connectivity index (χ3v) is 2.67. The van der Waals surface area contributed by atoms with Crippen LogP contribution in [0.4, 0.5) is 11.5 Å². The standard InChI is InChI=1S/C11H15N3O3/c1-16-9-4-8(5-13-10(9)12)14-11(15)7-2-3-17-6-7/h4-5,7H,2-3,6H2,1H3,(H2,12,13)(H,14,15). The predicted octanol–water partition coefficient (Wildman–Crippen LogP) is 0.647. The second-order valence-electron chi connectivity index (χ2n) is 3.86. The highest BCUT2D eigenvalue weighted by Gasteiger charge is 2.23. The molecule has 2 heterocycles. The number of nitrogens with two attached hydrogens (primary N) is 1. The third-order valence-electron chi connectivity index (χ3n) is 2.67. The van der Waals surface area contributed by atoms with E-state index in [2.05, 4.69) is 10.3 Å². The van der Waals surface area contributed by atoms with E-state index in [-0.39, 0.29) is 11.8 Å². The molecule has 0 bridgehead atoms. The molecule has 0 radical (unpaired) electrons. The van der Waals surface area contributed by atoms with Gasteiger partial charge in [0.25, 0.3) is 0 Å². The van der Waals surface area contributed by atoms with Crippen molar-refractivity contribution in [3.63, 3.8) is 0 Å². The number of anilines is 2. The highest BCUT2D eigenvalue weighted by molar-refractivity contribution is 5.93. The number of nitrogens with one attached hydrogen (secondary N) is 1. The smallest absolute Gasteiger partial charge is 0.229 e. The molecule has 0 aromatic carbocycles. The molecule has 17 heavy (non-hydrogen) atoms. The lowest BCUT2D eigenvalue weighted by molar-refractivity contribution is -0.119. The number of hydrogen-bond donors (Lipinski definition) is 2. The van der Waals surface area contributed by atoms with E-state index in [1.54, 1.807) is 6.07 Å². The zero-order valence-corrected chi connectivity index (χ0v) is 9.60. The number of carbonyl (C=O) groups excluding carboxylic acids is 1. The molecule has 1 aromatic rings. The lowest BCUT2D eigenvalue weighted by Gasteiger charge is -2.10. The summed E-state index contributed by atoms with van der Waals surface area (Å²) in [7, 11) is 1.50. The van der Waals surface area contributed by atoms with Crippen LogP contribution in [0.25, 0.3) is 0 Å². The maximum Gasteiger partial charge on any atom is 0.229 e. The number of methoxy groups -OCH3 is 1. The zero-order valence-electron chi connectivity index (χ0n) is 9.60. The van der Waals surface area contributed by atoms with Gasteiger partial charge in [0.1, 0.15) is 0 Å². The second kappa shape index (κ2) is 5.01. The molecule has 92 valence electrons. The maximum absolute atomic E-state index is 11.8. The first-order valence-corrected chi connectivity index (χ1v) is 5.39. The molecule has 1 saturated heterocycles. The number of ether oxygens (including phenoxy) is 2. The SMILES string of the molecule is COc1cc(NC(=O)C2CCOC2)cnc1N. The average Bonchev–Trinajstić information content (AvgIpc) is 2.85. The van der Waals surface area contributed by atoms with Crippen LogP contribution in [0.2, 0.25) is 0 Å².